The van der Waals surface area contributed by atoms with Crippen LogP contribution in [-0.4, -0.2) is 72.5 Å². The number of carbonyl (C=O) groups is 2. The van der Waals surface area contributed by atoms with E-state index in [1.165, 1.54) is 47.5 Å². The van der Waals surface area contributed by atoms with E-state index in [4.69, 9.17) is 17.0 Å². The predicted molar refractivity (Wildman–Crippen MR) is 130 cm³/mol. The number of carbonyl (C=O) groups excluding carboxylic acids is 2. The van der Waals surface area contributed by atoms with Gasteiger partial charge in [0.1, 0.15) is 18.3 Å². The molecular formula is C23H21ClF4N8O3. The lowest BCUT2D eigenvalue weighted by atomic mass is 10.2. The predicted octanol–water partition coefficient (Wildman–Crippen LogP) is 3.07. The summed E-state index contributed by atoms with van der Waals surface area (Å²) < 4.78 is 53.5. The van der Waals surface area contributed by atoms with Crippen LogP contribution >= 0.6 is 11.6 Å². The standard InChI is InChI=1S/C23H21ClF4N8O3/c24-13-5-3-12(4-6-13)19(29)35(10-17(37)23(26,27)28)22(39)31-9-18-32-11-36(34-18)20-16(2-1-7-30-20)33-21(38)14-8-15(14)25/h1-7,11,14-15,17,29,37H,8-10H2,(H,31,39)(H,33,38)/t14-,15+,17-/m0/s1. The molecule has 2 heterocycles. The van der Waals surface area contributed by atoms with Gasteiger partial charge in [-0.15, -0.1) is 5.10 Å². The molecule has 11 nitrogen and oxygen atoms in total. The molecule has 0 saturated heterocycles. The van der Waals surface area contributed by atoms with E-state index in [1.807, 2.05) is 0 Å². The second-order valence-corrected chi connectivity index (χ2v) is 8.95. The zero-order valence-electron chi connectivity index (χ0n) is 19.9. The van der Waals surface area contributed by atoms with Gasteiger partial charge in [0.25, 0.3) is 0 Å². The van der Waals surface area contributed by atoms with Crippen LogP contribution in [0, 0.1) is 11.3 Å². The van der Waals surface area contributed by atoms with E-state index in [1.54, 1.807) is 6.07 Å². The molecular weight excluding hydrogens is 548 g/mol. The van der Waals surface area contributed by atoms with Gasteiger partial charge in [0.05, 0.1) is 24.7 Å². The normalized spacial score (nSPS) is 17.3. The molecule has 0 bridgehead atoms. The van der Waals surface area contributed by atoms with Crippen LogP contribution in [0.1, 0.15) is 17.8 Å². The number of aliphatic hydroxyl groups is 1. The molecule has 0 unspecified atom stereocenters. The van der Waals surface area contributed by atoms with Crippen molar-refractivity contribution in [2.45, 2.75) is 31.4 Å². The molecule has 16 heteroatoms. The highest BCUT2D eigenvalue weighted by Crippen LogP contribution is 2.35. The molecule has 1 fully saturated rings. The van der Waals surface area contributed by atoms with E-state index in [-0.39, 0.29) is 35.9 Å². The highest BCUT2D eigenvalue weighted by atomic mass is 35.5. The van der Waals surface area contributed by atoms with Crippen molar-refractivity contribution in [3.63, 3.8) is 0 Å². The van der Waals surface area contributed by atoms with Crippen molar-refractivity contribution in [1.29, 1.82) is 5.41 Å². The molecule has 3 aromatic rings. The number of hydrogen-bond donors (Lipinski definition) is 4. The average Bonchev–Trinajstić information content (AvgIpc) is 3.45. The van der Waals surface area contributed by atoms with Gasteiger partial charge in [0, 0.05) is 16.8 Å². The van der Waals surface area contributed by atoms with E-state index in [0.29, 0.717) is 9.92 Å². The summed E-state index contributed by atoms with van der Waals surface area (Å²) in [7, 11) is 0. The van der Waals surface area contributed by atoms with Gasteiger partial charge < -0.3 is 15.7 Å². The van der Waals surface area contributed by atoms with Crippen LogP contribution in [0.25, 0.3) is 5.82 Å². The number of aromatic nitrogens is 4. The third-order valence-corrected chi connectivity index (χ3v) is 5.87. The van der Waals surface area contributed by atoms with Crippen LogP contribution in [0.5, 0.6) is 0 Å². The quantitative estimate of drug-likeness (QED) is 0.186. The molecule has 39 heavy (non-hydrogen) atoms. The number of nitrogens with one attached hydrogen (secondary N) is 3. The number of nitrogens with zero attached hydrogens (tertiary/aromatic N) is 5. The zero-order chi connectivity index (χ0) is 28.3. The van der Waals surface area contributed by atoms with E-state index < -0.39 is 48.7 Å². The van der Waals surface area contributed by atoms with Crippen LogP contribution in [0.2, 0.25) is 5.02 Å². The van der Waals surface area contributed by atoms with Crippen molar-refractivity contribution in [3.8, 4) is 5.82 Å². The van der Waals surface area contributed by atoms with Crippen molar-refractivity contribution >= 4 is 35.1 Å². The number of alkyl halides is 4. The van der Waals surface area contributed by atoms with E-state index in [2.05, 4.69) is 25.7 Å². The van der Waals surface area contributed by atoms with Crippen molar-refractivity contribution < 1.29 is 32.3 Å². The molecule has 2 aromatic heterocycles. The second-order valence-electron chi connectivity index (χ2n) is 8.51. The Morgan fingerprint density at radius 2 is 1.92 bits per heavy atom. The second kappa shape index (κ2) is 11.3. The van der Waals surface area contributed by atoms with E-state index in [9.17, 15) is 32.3 Å². The molecule has 1 saturated carbocycles. The Morgan fingerprint density at radius 3 is 2.56 bits per heavy atom. The fourth-order valence-electron chi connectivity index (χ4n) is 3.38. The Labute approximate surface area is 223 Å². The molecule has 3 amide bonds. The fraction of sp³-hybridized carbons (Fsp3) is 0.304. The molecule has 0 radical (unpaired) electrons. The van der Waals surface area contributed by atoms with Crippen molar-refractivity contribution in [2.75, 3.05) is 11.9 Å². The number of rotatable bonds is 8. The first-order valence-electron chi connectivity index (χ1n) is 11.4. The van der Waals surface area contributed by atoms with E-state index >= 15 is 0 Å². The Balaban J connectivity index is 1.46. The largest absolute Gasteiger partial charge is 0.416 e. The third-order valence-electron chi connectivity index (χ3n) is 5.61. The van der Waals surface area contributed by atoms with Gasteiger partial charge in [-0.3, -0.25) is 15.1 Å². The molecule has 1 aromatic carbocycles. The van der Waals surface area contributed by atoms with Crippen LogP contribution < -0.4 is 10.6 Å². The number of halogens is 5. The molecule has 1 aliphatic carbocycles. The monoisotopic (exact) mass is 568 g/mol. The Hall–Kier alpha value is -4.11. The molecule has 3 atom stereocenters. The zero-order valence-corrected chi connectivity index (χ0v) is 20.6. The van der Waals surface area contributed by atoms with Crippen molar-refractivity contribution in [3.05, 3.63) is 65.3 Å². The van der Waals surface area contributed by atoms with Gasteiger partial charge >= 0.3 is 12.2 Å². The summed E-state index contributed by atoms with van der Waals surface area (Å²) in [5, 5.41) is 27.2. The number of benzene rings is 1. The van der Waals surface area contributed by atoms with Gasteiger partial charge in [-0.1, -0.05) is 11.6 Å². The lowest BCUT2D eigenvalue weighted by Crippen LogP contribution is -2.50. The lowest BCUT2D eigenvalue weighted by Gasteiger charge is -2.26. The Morgan fingerprint density at radius 1 is 1.23 bits per heavy atom. The molecule has 4 N–H and O–H groups in total. The van der Waals surface area contributed by atoms with Gasteiger partial charge in [0.15, 0.2) is 17.7 Å². The SMILES string of the molecule is N=C(c1ccc(Cl)cc1)N(C[C@H](O)C(F)(F)F)C(=O)NCc1ncn(-c2ncccc2NC(=O)[C@H]2C[C@H]2F)n1. The number of anilines is 1. The smallest absolute Gasteiger partial charge is 0.382 e. The first kappa shape index (κ1) is 27.9. The molecule has 206 valence electrons. The first-order chi connectivity index (χ1) is 18.4. The molecule has 1 aliphatic rings. The lowest BCUT2D eigenvalue weighted by molar-refractivity contribution is -0.204. The summed E-state index contributed by atoms with van der Waals surface area (Å²) in [6.45, 7) is -1.60. The molecule has 4 rings (SSSR count). The fourth-order valence-corrected chi connectivity index (χ4v) is 3.51. The van der Waals surface area contributed by atoms with Gasteiger partial charge in [-0.25, -0.2) is 23.8 Å². The highest BCUT2D eigenvalue weighted by molar-refractivity contribution is 6.30. The maximum atomic E-state index is 13.2. The minimum Gasteiger partial charge on any atom is -0.382 e. The molecule has 0 spiro atoms. The number of hydrogen-bond acceptors (Lipinski definition) is 7. The minimum atomic E-state index is -5.03. The van der Waals surface area contributed by atoms with Crippen LogP contribution in [0.4, 0.5) is 28.0 Å². The summed E-state index contributed by atoms with van der Waals surface area (Å²) in [4.78, 5) is 33.6. The number of pyridine rings is 1. The highest BCUT2D eigenvalue weighted by Gasteiger charge is 2.44. The van der Waals surface area contributed by atoms with Gasteiger partial charge in [0.2, 0.25) is 5.91 Å². The summed E-state index contributed by atoms with van der Waals surface area (Å²) in [6.07, 6.45) is -6.33. The summed E-state index contributed by atoms with van der Waals surface area (Å²) in [5.41, 5.74) is 0.326. The van der Waals surface area contributed by atoms with Gasteiger partial charge in [-0.05, 0) is 42.8 Å². The van der Waals surface area contributed by atoms with Crippen LogP contribution in [0.3, 0.4) is 0 Å². The van der Waals surface area contributed by atoms with Crippen LogP contribution in [0.15, 0.2) is 48.9 Å². The maximum absolute atomic E-state index is 13.2. The van der Waals surface area contributed by atoms with Crippen molar-refractivity contribution in [2.24, 2.45) is 5.92 Å². The van der Waals surface area contributed by atoms with E-state index in [0.717, 1.165) is 0 Å². The Bertz CT molecular complexity index is 1370. The molecule has 0 aliphatic heterocycles. The maximum Gasteiger partial charge on any atom is 0.416 e. The van der Waals surface area contributed by atoms with Crippen molar-refractivity contribution in [1.82, 2.24) is 30.0 Å². The third kappa shape index (κ3) is 6.86. The minimum absolute atomic E-state index is 0.0200. The summed E-state index contributed by atoms with van der Waals surface area (Å²) >= 11 is 5.82. The number of urea groups is 1. The first-order valence-corrected chi connectivity index (χ1v) is 11.8. The topological polar surface area (TPSA) is 149 Å². The van der Waals surface area contributed by atoms with Gasteiger partial charge in [-0.2, -0.15) is 13.2 Å². The Kier molecular flexibility index (Phi) is 8.11. The summed E-state index contributed by atoms with van der Waals surface area (Å²) in [6, 6.07) is 7.44. The number of aliphatic hydroxyl groups excluding tert-OH is 1. The summed E-state index contributed by atoms with van der Waals surface area (Å²) in [5.74, 6) is -1.66. The number of amidine groups is 1. The number of amides is 3. The average molecular weight is 569 g/mol. The van der Waals surface area contributed by atoms with Crippen LogP contribution in [-0.2, 0) is 11.3 Å².